The third-order valence-electron chi connectivity index (χ3n) is 4.24. The molecule has 3 heterocycles. The smallest absolute Gasteiger partial charge is 0.407 e. The Morgan fingerprint density at radius 2 is 1.96 bits per heavy atom. The highest BCUT2D eigenvalue weighted by Crippen LogP contribution is 2.19. The molecule has 2 amide bonds. The summed E-state index contributed by atoms with van der Waals surface area (Å²) in [7, 11) is 0. The minimum Gasteiger partial charge on any atom is -0.444 e. The van der Waals surface area contributed by atoms with Gasteiger partial charge < -0.3 is 15.0 Å². The van der Waals surface area contributed by atoms with Crippen LogP contribution in [0.15, 0.2) is 30.7 Å². The highest BCUT2D eigenvalue weighted by Gasteiger charge is 2.27. The second kappa shape index (κ2) is 7.27. The van der Waals surface area contributed by atoms with E-state index in [9.17, 15) is 9.59 Å². The fourth-order valence-electron chi connectivity index (χ4n) is 3.03. The summed E-state index contributed by atoms with van der Waals surface area (Å²) in [4.78, 5) is 35.0. The summed E-state index contributed by atoms with van der Waals surface area (Å²) in [6, 6.07) is 3.73. The van der Waals surface area contributed by atoms with Gasteiger partial charge in [0.2, 0.25) is 0 Å². The average molecular weight is 356 g/mol. The van der Waals surface area contributed by atoms with Crippen LogP contribution in [0.1, 0.15) is 44.0 Å². The number of alkyl carbamates (subject to hydrolysis) is 1. The van der Waals surface area contributed by atoms with Gasteiger partial charge in [-0.3, -0.25) is 14.8 Å². The van der Waals surface area contributed by atoms with E-state index < -0.39 is 11.7 Å². The summed E-state index contributed by atoms with van der Waals surface area (Å²) in [5, 5.41) is 3.73. The molecule has 26 heavy (non-hydrogen) atoms. The Morgan fingerprint density at radius 3 is 2.65 bits per heavy atom. The number of aromatic nitrogens is 2. The van der Waals surface area contributed by atoms with Crippen molar-refractivity contribution in [1.82, 2.24) is 20.2 Å². The van der Waals surface area contributed by atoms with Crippen LogP contribution < -0.4 is 5.32 Å². The molecule has 0 aromatic carbocycles. The number of nitrogens with one attached hydrogen (secondary N) is 1. The summed E-state index contributed by atoms with van der Waals surface area (Å²) >= 11 is 0. The molecule has 3 rings (SSSR count). The Bertz CT molecular complexity index is 803. The summed E-state index contributed by atoms with van der Waals surface area (Å²) in [5.41, 5.74) is 0.665. The van der Waals surface area contributed by atoms with Gasteiger partial charge in [0.05, 0.1) is 11.1 Å². The van der Waals surface area contributed by atoms with Gasteiger partial charge in [0, 0.05) is 43.1 Å². The number of hydrogen-bond acceptors (Lipinski definition) is 5. The fourth-order valence-corrected chi connectivity index (χ4v) is 3.03. The molecule has 1 fully saturated rings. The van der Waals surface area contributed by atoms with E-state index in [1.165, 1.54) is 0 Å². The molecule has 0 radical (unpaired) electrons. The largest absolute Gasteiger partial charge is 0.444 e. The van der Waals surface area contributed by atoms with Crippen LogP contribution >= 0.6 is 0 Å². The van der Waals surface area contributed by atoms with Crippen LogP contribution in [-0.4, -0.2) is 51.6 Å². The predicted molar refractivity (Wildman–Crippen MR) is 97.8 cm³/mol. The van der Waals surface area contributed by atoms with E-state index in [-0.39, 0.29) is 11.9 Å². The van der Waals surface area contributed by atoms with Crippen LogP contribution in [0, 0.1) is 0 Å². The third-order valence-corrected chi connectivity index (χ3v) is 4.24. The van der Waals surface area contributed by atoms with Crippen LogP contribution in [0.5, 0.6) is 0 Å². The Hall–Kier alpha value is -2.70. The van der Waals surface area contributed by atoms with Crippen molar-refractivity contribution in [3.63, 3.8) is 0 Å². The van der Waals surface area contributed by atoms with Crippen molar-refractivity contribution < 1.29 is 14.3 Å². The second-order valence-corrected chi connectivity index (χ2v) is 7.47. The number of pyridine rings is 2. The number of carbonyl (C=O) groups is 2. The predicted octanol–water partition coefficient (Wildman–Crippen LogP) is 2.76. The lowest BCUT2D eigenvalue weighted by atomic mass is 10.0. The molecule has 2 aromatic rings. The van der Waals surface area contributed by atoms with Crippen molar-refractivity contribution in [2.45, 2.75) is 45.3 Å². The van der Waals surface area contributed by atoms with E-state index in [0.29, 0.717) is 37.0 Å². The lowest BCUT2D eigenvalue weighted by Crippen LogP contribution is -2.47. The second-order valence-electron chi connectivity index (χ2n) is 7.47. The summed E-state index contributed by atoms with van der Waals surface area (Å²) in [6.07, 6.45) is 5.92. The molecule has 0 atom stereocenters. The first-order valence-electron chi connectivity index (χ1n) is 8.81. The van der Waals surface area contributed by atoms with Crippen molar-refractivity contribution >= 4 is 22.9 Å². The zero-order valence-corrected chi connectivity index (χ0v) is 15.4. The van der Waals surface area contributed by atoms with Gasteiger partial charge in [-0.2, -0.15) is 0 Å². The minimum atomic E-state index is -0.519. The Kier molecular flexibility index (Phi) is 5.06. The molecule has 138 valence electrons. The SMILES string of the molecule is CC(C)(C)OC(=O)NC1CCN(C(=O)c2cncc3cccnc23)CC1. The number of piperidine rings is 1. The molecule has 7 nitrogen and oxygen atoms in total. The average Bonchev–Trinajstić information content (AvgIpc) is 2.59. The van der Waals surface area contributed by atoms with Gasteiger partial charge in [-0.1, -0.05) is 0 Å². The van der Waals surface area contributed by atoms with Gasteiger partial charge in [-0.05, 0) is 45.7 Å². The minimum absolute atomic E-state index is 0.0117. The van der Waals surface area contributed by atoms with Crippen LogP contribution in [-0.2, 0) is 4.74 Å². The Labute approximate surface area is 152 Å². The van der Waals surface area contributed by atoms with Gasteiger partial charge >= 0.3 is 6.09 Å². The quantitative estimate of drug-likeness (QED) is 0.894. The van der Waals surface area contributed by atoms with E-state index >= 15 is 0 Å². The number of rotatable bonds is 2. The van der Waals surface area contributed by atoms with Crippen LogP contribution in [0.3, 0.4) is 0 Å². The topological polar surface area (TPSA) is 84.4 Å². The lowest BCUT2D eigenvalue weighted by Gasteiger charge is -2.33. The lowest BCUT2D eigenvalue weighted by molar-refractivity contribution is 0.0474. The van der Waals surface area contributed by atoms with E-state index in [0.717, 1.165) is 5.39 Å². The third kappa shape index (κ3) is 4.28. The number of ether oxygens (including phenoxy) is 1. The molecule has 0 saturated carbocycles. The first-order valence-corrected chi connectivity index (χ1v) is 8.81. The van der Waals surface area contributed by atoms with Crippen LogP contribution in [0.25, 0.3) is 10.9 Å². The van der Waals surface area contributed by atoms with E-state index in [2.05, 4.69) is 15.3 Å². The summed E-state index contributed by atoms with van der Waals surface area (Å²) < 4.78 is 5.29. The van der Waals surface area contributed by atoms with Crippen molar-refractivity contribution in [2.24, 2.45) is 0 Å². The molecule has 0 unspecified atom stereocenters. The maximum atomic E-state index is 12.9. The van der Waals surface area contributed by atoms with E-state index in [4.69, 9.17) is 4.74 Å². The van der Waals surface area contributed by atoms with Crippen molar-refractivity contribution in [3.8, 4) is 0 Å². The molecule has 1 aliphatic rings. The van der Waals surface area contributed by atoms with Crippen molar-refractivity contribution in [1.29, 1.82) is 0 Å². The van der Waals surface area contributed by atoms with E-state index in [1.54, 1.807) is 23.5 Å². The monoisotopic (exact) mass is 356 g/mol. The number of hydrogen-bond donors (Lipinski definition) is 1. The fraction of sp³-hybridized carbons (Fsp3) is 0.474. The van der Waals surface area contributed by atoms with Gasteiger partial charge in [0.15, 0.2) is 0 Å². The molecule has 0 aliphatic carbocycles. The van der Waals surface area contributed by atoms with Crippen molar-refractivity contribution in [3.05, 3.63) is 36.3 Å². The van der Waals surface area contributed by atoms with Gasteiger partial charge in [-0.25, -0.2) is 4.79 Å². The standard InChI is InChI=1S/C19H24N4O3/c1-19(2,3)26-18(25)22-14-6-9-23(10-7-14)17(24)15-12-20-11-13-5-4-8-21-16(13)15/h4-5,8,11-12,14H,6-7,9-10H2,1-3H3,(H,22,25). The molecular formula is C19H24N4O3. The molecule has 2 aromatic heterocycles. The maximum Gasteiger partial charge on any atom is 0.407 e. The summed E-state index contributed by atoms with van der Waals surface area (Å²) in [5.74, 6) is -0.0717. The highest BCUT2D eigenvalue weighted by molar-refractivity contribution is 6.04. The molecule has 7 heteroatoms. The first-order chi connectivity index (χ1) is 12.3. The number of carbonyl (C=O) groups excluding carboxylic acids is 2. The number of amides is 2. The van der Waals surface area contributed by atoms with Gasteiger partial charge in [-0.15, -0.1) is 0 Å². The molecule has 1 aliphatic heterocycles. The van der Waals surface area contributed by atoms with Gasteiger partial charge in [0.25, 0.3) is 5.91 Å². The Morgan fingerprint density at radius 1 is 1.23 bits per heavy atom. The van der Waals surface area contributed by atoms with Crippen LogP contribution in [0.2, 0.25) is 0 Å². The molecule has 1 saturated heterocycles. The number of likely N-dealkylation sites (tertiary alicyclic amines) is 1. The summed E-state index contributed by atoms with van der Waals surface area (Å²) in [6.45, 7) is 6.64. The normalized spacial score (nSPS) is 15.7. The van der Waals surface area contributed by atoms with E-state index in [1.807, 2.05) is 32.9 Å². The van der Waals surface area contributed by atoms with Crippen LogP contribution in [0.4, 0.5) is 4.79 Å². The maximum absolute atomic E-state index is 12.9. The number of nitrogens with zero attached hydrogens (tertiary/aromatic N) is 3. The first kappa shape index (κ1) is 18.1. The number of fused-ring (bicyclic) bond motifs is 1. The van der Waals surface area contributed by atoms with Gasteiger partial charge in [0.1, 0.15) is 5.60 Å². The molecular weight excluding hydrogens is 332 g/mol. The highest BCUT2D eigenvalue weighted by atomic mass is 16.6. The molecule has 1 N–H and O–H groups in total. The molecule has 0 bridgehead atoms. The zero-order valence-electron chi connectivity index (χ0n) is 15.4. The molecule has 0 spiro atoms. The zero-order chi connectivity index (χ0) is 18.7. The Balaban J connectivity index is 1.61. The van der Waals surface area contributed by atoms with Crippen molar-refractivity contribution in [2.75, 3.05) is 13.1 Å².